The van der Waals surface area contributed by atoms with Gasteiger partial charge in [0.2, 0.25) is 0 Å². The van der Waals surface area contributed by atoms with Crippen molar-refractivity contribution in [1.82, 2.24) is 0 Å². The van der Waals surface area contributed by atoms with Crippen molar-refractivity contribution < 1.29 is 24.2 Å². The van der Waals surface area contributed by atoms with Crippen LogP contribution in [-0.2, 0) is 4.74 Å². The highest BCUT2D eigenvalue weighted by Gasteiger charge is 2.25. The quantitative estimate of drug-likeness (QED) is 0.282. The maximum absolute atomic E-state index is 12.3. The topological polar surface area (TPSA) is 133 Å². The van der Waals surface area contributed by atoms with Crippen LogP contribution >= 0.6 is 0 Å². The molecule has 162 valence electrons. The number of ether oxygens (including phenoxy) is 1. The minimum Gasteiger partial charge on any atom is -0.454 e. The lowest BCUT2D eigenvalue weighted by molar-refractivity contribution is -0.384. The van der Waals surface area contributed by atoms with Crippen molar-refractivity contribution in [2.45, 2.75) is 19.8 Å². The van der Waals surface area contributed by atoms with Gasteiger partial charge in [-0.2, -0.15) is 0 Å². The standard InChI is InChI=1S/C21H21N3O7/c1-14-8-10-22(11-9-14)18-7-4-16(12-19(18)24(29)30)21(26)31-13-20(25)15-2-5-17(6-3-15)23(27)28/h2-7,12,14H,8-11,13H2,1H3. The molecule has 0 amide bonds. The van der Waals surface area contributed by atoms with Crippen LogP contribution < -0.4 is 4.90 Å². The van der Waals surface area contributed by atoms with Crippen molar-refractivity contribution in [1.29, 1.82) is 0 Å². The van der Waals surface area contributed by atoms with Crippen molar-refractivity contribution in [3.8, 4) is 0 Å². The molecule has 0 unspecified atom stereocenters. The fourth-order valence-corrected chi connectivity index (χ4v) is 3.38. The zero-order chi connectivity index (χ0) is 22.5. The summed E-state index contributed by atoms with van der Waals surface area (Å²) in [7, 11) is 0. The van der Waals surface area contributed by atoms with Gasteiger partial charge in [0, 0.05) is 36.9 Å². The van der Waals surface area contributed by atoms with E-state index in [2.05, 4.69) is 6.92 Å². The minimum atomic E-state index is -0.864. The molecule has 1 fully saturated rings. The van der Waals surface area contributed by atoms with E-state index in [-0.39, 0.29) is 22.5 Å². The van der Waals surface area contributed by atoms with E-state index in [4.69, 9.17) is 4.74 Å². The van der Waals surface area contributed by atoms with Gasteiger partial charge < -0.3 is 9.64 Å². The average Bonchev–Trinajstić information content (AvgIpc) is 2.77. The molecule has 0 atom stereocenters. The Morgan fingerprint density at radius 3 is 2.19 bits per heavy atom. The van der Waals surface area contributed by atoms with Crippen LogP contribution in [0, 0.1) is 26.1 Å². The number of nitro benzene ring substituents is 2. The summed E-state index contributed by atoms with van der Waals surface area (Å²) in [6.07, 6.45) is 1.87. The highest BCUT2D eigenvalue weighted by Crippen LogP contribution is 2.32. The van der Waals surface area contributed by atoms with E-state index >= 15 is 0 Å². The summed E-state index contributed by atoms with van der Waals surface area (Å²) in [5.41, 5.74) is 0.224. The number of benzene rings is 2. The van der Waals surface area contributed by atoms with Gasteiger partial charge >= 0.3 is 5.97 Å². The Bertz CT molecular complexity index is 1010. The summed E-state index contributed by atoms with van der Waals surface area (Å²) in [5, 5.41) is 22.2. The molecule has 2 aromatic carbocycles. The monoisotopic (exact) mass is 427 g/mol. The van der Waals surface area contributed by atoms with Crippen molar-refractivity contribution in [2.24, 2.45) is 5.92 Å². The van der Waals surface area contributed by atoms with Gasteiger partial charge in [0.25, 0.3) is 11.4 Å². The lowest BCUT2D eigenvalue weighted by Gasteiger charge is -2.31. The molecular weight excluding hydrogens is 406 g/mol. The van der Waals surface area contributed by atoms with Gasteiger partial charge in [-0.1, -0.05) is 6.92 Å². The van der Waals surface area contributed by atoms with Gasteiger partial charge in [0.05, 0.1) is 15.4 Å². The SMILES string of the molecule is CC1CCN(c2ccc(C(=O)OCC(=O)c3ccc([N+](=O)[O-])cc3)cc2[N+](=O)[O-])CC1. The van der Waals surface area contributed by atoms with Crippen LogP contribution in [0.5, 0.6) is 0 Å². The van der Waals surface area contributed by atoms with Crippen molar-refractivity contribution in [2.75, 3.05) is 24.6 Å². The minimum absolute atomic E-state index is 0.0303. The first-order chi connectivity index (χ1) is 14.8. The van der Waals surface area contributed by atoms with Crippen LogP contribution in [0.3, 0.4) is 0 Å². The number of carbonyl (C=O) groups excluding carboxylic acids is 2. The Hall–Kier alpha value is -3.82. The molecule has 2 aromatic rings. The molecule has 0 bridgehead atoms. The van der Waals surface area contributed by atoms with Gasteiger partial charge in [-0.15, -0.1) is 0 Å². The van der Waals surface area contributed by atoms with Gasteiger partial charge in [-0.05, 0) is 43.0 Å². The molecule has 0 saturated carbocycles. The summed E-state index contributed by atoms with van der Waals surface area (Å²) in [5.74, 6) is -0.841. The molecule has 31 heavy (non-hydrogen) atoms. The van der Waals surface area contributed by atoms with E-state index in [1.165, 1.54) is 36.4 Å². The number of non-ortho nitro benzene ring substituents is 1. The molecule has 1 saturated heterocycles. The highest BCUT2D eigenvalue weighted by atomic mass is 16.6. The first-order valence-electron chi connectivity index (χ1n) is 9.74. The van der Waals surface area contributed by atoms with Crippen LogP contribution in [0.25, 0.3) is 0 Å². The number of hydrogen-bond acceptors (Lipinski definition) is 8. The Balaban J connectivity index is 1.68. The maximum atomic E-state index is 12.3. The van der Waals surface area contributed by atoms with Crippen molar-refractivity contribution in [3.05, 3.63) is 73.8 Å². The number of esters is 1. The first kappa shape index (κ1) is 21.9. The third-order valence-corrected chi connectivity index (χ3v) is 5.27. The number of nitro groups is 2. The van der Waals surface area contributed by atoms with Crippen LogP contribution in [0.1, 0.15) is 40.5 Å². The molecule has 0 N–H and O–H groups in total. The van der Waals surface area contributed by atoms with Crippen LogP contribution in [0.2, 0.25) is 0 Å². The Morgan fingerprint density at radius 1 is 1.00 bits per heavy atom. The summed E-state index contributed by atoms with van der Waals surface area (Å²) < 4.78 is 5.00. The van der Waals surface area contributed by atoms with Gasteiger partial charge in [0.1, 0.15) is 5.69 Å². The van der Waals surface area contributed by atoms with E-state index in [0.29, 0.717) is 24.7 Å². The summed E-state index contributed by atoms with van der Waals surface area (Å²) in [6, 6.07) is 9.03. The fourth-order valence-electron chi connectivity index (χ4n) is 3.38. The van der Waals surface area contributed by atoms with E-state index in [1.54, 1.807) is 0 Å². The largest absolute Gasteiger partial charge is 0.454 e. The van der Waals surface area contributed by atoms with E-state index in [0.717, 1.165) is 18.9 Å². The van der Waals surface area contributed by atoms with E-state index in [1.807, 2.05) is 4.90 Å². The number of anilines is 1. The molecule has 1 aliphatic rings. The molecule has 0 aromatic heterocycles. The highest BCUT2D eigenvalue weighted by molar-refractivity contribution is 5.99. The smallest absolute Gasteiger partial charge is 0.338 e. The van der Waals surface area contributed by atoms with Crippen LogP contribution in [-0.4, -0.2) is 41.3 Å². The second-order valence-electron chi connectivity index (χ2n) is 7.43. The molecule has 0 radical (unpaired) electrons. The number of Topliss-reactive ketones (excluding diaryl/α,β-unsaturated/α-hetero) is 1. The molecule has 0 spiro atoms. The molecule has 10 heteroatoms. The lowest BCUT2D eigenvalue weighted by atomic mass is 9.98. The number of rotatable bonds is 7. The normalized spacial score (nSPS) is 14.2. The Kier molecular flexibility index (Phi) is 6.58. The summed E-state index contributed by atoms with van der Waals surface area (Å²) in [4.78, 5) is 47.5. The fraction of sp³-hybridized carbons (Fsp3) is 0.333. The first-order valence-corrected chi connectivity index (χ1v) is 9.74. The second kappa shape index (κ2) is 9.33. The number of ketones is 1. The van der Waals surface area contributed by atoms with Crippen molar-refractivity contribution in [3.63, 3.8) is 0 Å². The van der Waals surface area contributed by atoms with E-state index in [9.17, 15) is 29.8 Å². The maximum Gasteiger partial charge on any atom is 0.338 e. The zero-order valence-electron chi connectivity index (χ0n) is 16.9. The number of nitrogens with zero attached hydrogens (tertiary/aromatic N) is 3. The second-order valence-corrected chi connectivity index (χ2v) is 7.43. The summed E-state index contributed by atoms with van der Waals surface area (Å²) in [6.45, 7) is 2.96. The molecule has 1 aliphatic heterocycles. The van der Waals surface area contributed by atoms with Gasteiger partial charge in [-0.25, -0.2) is 4.79 Å². The average molecular weight is 427 g/mol. The molecule has 10 nitrogen and oxygen atoms in total. The predicted octanol–water partition coefficient (Wildman–Crippen LogP) is 3.78. The predicted molar refractivity (Wildman–Crippen MR) is 111 cm³/mol. The van der Waals surface area contributed by atoms with Gasteiger partial charge in [-0.3, -0.25) is 25.0 Å². The number of carbonyl (C=O) groups is 2. The number of hydrogen-bond donors (Lipinski definition) is 0. The van der Waals surface area contributed by atoms with E-state index < -0.39 is 28.2 Å². The molecule has 3 rings (SSSR count). The Labute approximate surface area is 177 Å². The summed E-state index contributed by atoms with van der Waals surface area (Å²) >= 11 is 0. The Morgan fingerprint density at radius 2 is 1.61 bits per heavy atom. The third-order valence-electron chi connectivity index (χ3n) is 5.27. The molecule has 0 aliphatic carbocycles. The number of piperidine rings is 1. The lowest BCUT2D eigenvalue weighted by Crippen LogP contribution is -2.33. The van der Waals surface area contributed by atoms with Crippen LogP contribution in [0.15, 0.2) is 42.5 Å². The molecular formula is C21H21N3O7. The van der Waals surface area contributed by atoms with Crippen molar-refractivity contribution >= 4 is 28.8 Å². The van der Waals surface area contributed by atoms with Crippen LogP contribution in [0.4, 0.5) is 17.1 Å². The molecule has 1 heterocycles. The zero-order valence-corrected chi connectivity index (χ0v) is 16.9. The third kappa shape index (κ3) is 5.21. The van der Waals surface area contributed by atoms with Gasteiger partial charge in [0.15, 0.2) is 12.4 Å².